The minimum absolute atomic E-state index is 0.00442. The van der Waals surface area contributed by atoms with Crippen molar-refractivity contribution < 1.29 is 0 Å². The lowest BCUT2D eigenvalue weighted by atomic mass is 9.97. The summed E-state index contributed by atoms with van der Waals surface area (Å²) in [7, 11) is 0. The zero-order chi connectivity index (χ0) is 13.9. The molecule has 19 heavy (non-hydrogen) atoms. The van der Waals surface area contributed by atoms with Gasteiger partial charge in [0.1, 0.15) is 0 Å². The van der Waals surface area contributed by atoms with Crippen molar-refractivity contribution in [1.29, 1.82) is 0 Å². The summed E-state index contributed by atoms with van der Waals surface area (Å²) < 4.78 is 0. The number of nitrogens with one attached hydrogen (secondary N) is 1. The van der Waals surface area contributed by atoms with E-state index in [4.69, 9.17) is 0 Å². The van der Waals surface area contributed by atoms with Gasteiger partial charge in [-0.25, -0.2) is 0 Å². The fraction of sp³-hybridized carbons (Fsp3) is 0.353. The summed E-state index contributed by atoms with van der Waals surface area (Å²) in [5.74, 6) is 0. The summed E-state index contributed by atoms with van der Waals surface area (Å²) in [5, 5.41) is 4.35. The van der Waals surface area contributed by atoms with Crippen molar-refractivity contribution >= 4 is 11.8 Å². The lowest BCUT2D eigenvalue weighted by Crippen LogP contribution is -2.31. The average Bonchev–Trinajstić information content (AvgIpc) is 2.74. The molecular formula is C17H22N2. The van der Waals surface area contributed by atoms with Crippen molar-refractivity contribution in [2.45, 2.75) is 39.7 Å². The second-order valence-electron chi connectivity index (χ2n) is 5.98. The monoisotopic (exact) mass is 254 g/mol. The molecule has 0 unspecified atom stereocenters. The number of benzene rings is 1. The van der Waals surface area contributed by atoms with E-state index in [1.807, 2.05) is 6.21 Å². The standard InChI is InChI=1S/C17H22N2/c1-13-8-7-11-15(13)16-10-6-5-9-14(16)12-18-19-17(2,3)4/h5-10,12,19H,11H2,1-4H3. The van der Waals surface area contributed by atoms with Gasteiger partial charge in [0.25, 0.3) is 0 Å². The van der Waals surface area contributed by atoms with Gasteiger partial charge in [-0.3, -0.25) is 0 Å². The maximum Gasteiger partial charge on any atom is 0.0546 e. The highest BCUT2D eigenvalue weighted by atomic mass is 15.3. The molecule has 2 nitrogen and oxygen atoms in total. The topological polar surface area (TPSA) is 24.4 Å². The molecule has 2 rings (SSSR count). The summed E-state index contributed by atoms with van der Waals surface area (Å²) in [5.41, 5.74) is 8.33. The number of hydrogen-bond acceptors (Lipinski definition) is 2. The molecular weight excluding hydrogens is 232 g/mol. The van der Waals surface area contributed by atoms with Crippen LogP contribution in [0.1, 0.15) is 45.2 Å². The van der Waals surface area contributed by atoms with Crippen LogP contribution in [0.25, 0.3) is 5.57 Å². The molecule has 0 saturated heterocycles. The van der Waals surface area contributed by atoms with Crippen LogP contribution in [0.3, 0.4) is 0 Å². The van der Waals surface area contributed by atoms with E-state index >= 15 is 0 Å². The summed E-state index contributed by atoms with van der Waals surface area (Å²) in [4.78, 5) is 0. The molecule has 0 aliphatic heterocycles. The van der Waals surface area contributed by atoms with Crippen molar-refractivity contribution in [2.24, 2.45) is 5.10 Å². The molecule has 1 aliphatic carbocycles. The third-order valence-corrected chi connectivity index (χ3v) is 3.06. The number of allylic oxidation sites excluding steroid dienone is 4. The summed E-state index contributed by atoms with van der Waals surface area (Å²) in [6.07, 6.45) is 7.34. The highest BCUT2D eigenvalue weighted by molar-refractivity contribution is 5.90. The van der Waals surface area contributed by atoms with Gasteiger partial charge in [-0.1, -0.05) is 36.4 Å². The Morgan fingerprint density at radius 1 is 1.21 bits per heavy atom. The predicted octanol–water partition coefficient (Wildman–Crippen LogP) is 4.14. The van der Waals surface area contributed by atoms with Crippen LogP contribution in [0.5, 0.6) is 0 Å². The number of hydrazone groups is 1. The first-order valence-corrected chi connectivity index (χ1v) is 6.73. The molecule has 0 amide bonds. The Bertz CT molecular complexity index is 543. The van der Waals surface area contributed by atoms with E-state index < -0.39 is 0 Å². The number of nitrogens with zero attached hydrogens (tertiary/aromatic N) is 1. The Morgan fingerprint density at radius 3 is 2.58 bits per heavy atom. The number of rotatable bonds is 3. The SMILES string of the molecule is CC1=C(c2ccccc2C=NNC(C)(C)C)CC=C1. The van der Waals surface area contributed by atoms with Crippen LogP contribution in [0.2, 0.25) is 0 Å². The van der Waals surface area contributed by atoms with E-state index in [0.717, 1.165) is 12.0 Å². The summed E-state index contributed by atoms with van der Waals surface area (Å²) in [6, 6.07) is 8.43. The molecule has 1 aromatic rings. The van der Waals surface area contributed by atoms with Crippen LogP contribution >= 0.6 is 0 Å². The zero-order valence-corrected chi connectivity index (χ0v) is 12.2. The molecule has 0 saturated carbocycles. The molecule has 0 spiro atoms. The van der Waals surface area contributed by atoms with Gasteiger partial charge in [0, 0.05) is 11.1 Å². The predicted molar refractivity (Wildman–Crippen MR) is 83.3 cm³/mol. The highest BCUT2D eigenvalue weighted by Crippen LogP contribution is 2.30. The van der Waals surface area contributed by atoms with Gasteiger partial charge in [-0.2, -0.15) is 5.10 Å². The van der Waals surface area contributed by atoms with Crippen LogP contribution in [0, 0.1) is 0 Å². The first-order chi connectivity index (χ1) is 8.97. The Hall–Kier alpha value is -1.83. The van der Waals surface area contributed by atoms with E-state index in [1.165, 1.54) is 16.7 Å². The lowest BCUT2D eigenvalue weighted by Gasteiger charge is -2.17. The summed E-state index contributed by atoms with van der Waals surface area (Å²) >= 11 is 0. The molecule has 0 aromatic heterocycles. The van der Waals surface area contributed by atoms with Gasteiger partial charge in [-0.05, 0) is 50.8 Å². The van der Waals surface area contributed by atoms with Crippen LogP contribution < -0.4 is 5.43 Å². The largest absolute Gasteiger partial charge is 0.305 e. The second kappa shape index (κ2) is 5.43. The van der Waals surface area contributed by atoms with Gasteiger partial charge in [-0.15, -0.1) is 0 Å². The second-order valence-corrected chi connectivity index (χ2v) is 5.98. The van der Waals surface area contributed by atoms with Crippen LogP contribution in [-0.4, -0.2) is 11.8 Å². The fourth-order valence-electron chi connectivity index (χ4n) is 2.12. The maximum atomic E-state index is 4.35. The molecule has 0 radical (unpaired) electrons. The molecule has 1 aromatic carbocycles. The van der Waals surface area contributed by atoms with Crippen molar-refractivity contribution in [1.82, 2.24) is 5.43 Å². The third kappa shape index (κ3) is 3.57. The third-order valence-electron chi connectivity index (χ3n) is 3.06. The van der Waals surface area contributed by atoms with E-state index in [-0.39, 0.29) is 5.54 Å². The average molecular weight is 254 g/mol. The van der Waals surface area contributed by atoms with Gasteiger partial charge < -0.3 is 5.43 Å². The van der Waals surface area contributed by atoms with E-state index in [1.54, 1.807) is 0 Å². The Labute approximate surface area is 115 Å². The quantitative estimate of drug-likeness (QED) is 0.636. The lowest BCUT2D eigenvalue weighted by molar-refractivity contribution is 0.442. The van der Waals surface area contributed by atoms with Crippen molar-refractivity contribution in [2.75, 3.05) is 0 Å². The van der Waals surface area contributed by atoms with Crippen LogP contribution in [0.15, 0.2) is 47.1 Å². The van der Waals surface area contributed by atoms with Gasteiger partial charge in [0.2, 0.25) is 0 Å². The maximum absolute atomic E-state index is 4.35. The smallest absolute Gasteiger partial charge is 0.0546 e. The molecule has 2 heteroatoms. The molecule has 100 valence electrons. The van der Waals surface area contributed by atoms with Crippen LogP contribution in [0.4, 0.5) is 0 Å². The summed E-state index contributed by atoms with van der Waals surface area (Å²) in [6.45, 7) is 8.47. The van der Waals surface area contributed by atoms with Gasteiger partial charge in [0.15, 0.2) is 0 Å². The molecule has 1 aliphatic rings. The van der Waals surface area contributed by atoms with Crippen molar-refractivity contribution in [3.63, 3.8) is 0 Å². The van der Waals surface area contributed by atoms with E-state index in [0.29, 0.717) is 0 Å². The van der Waals surface area contributed by atoms with Gasteiger partial charge in [0.05, 0.1) is 6.21 Å². The minimum atomic E-state index is -0.00442. The first-order valence-electron chi connectivity index (χ1n) is 6.73. The molecule has 0 atom stereocenters. The molecule has 0 bridgehead atoms. The van der Waals surface area contributed by atoms with Crippen molar-refractivity contribution in [3.05, 3.63) is 53.1 Å². The van der Waals surface area contributed by atoms with E-state index in [2.05, 4.69) is 74.6 Å². The Morgan fingerprint density at radius 2 is 1.95 bits per heavy atom. The normalized spacial score (nSPS) is 15.6. The van der Waals surface area contributed by atoms with Crippen LogP contribution in [-0.2, 0) is 0 Å². The molecule has 0 heterocycles. The molecule has 1 N–H and O–H groups in total. The van der Waals surface area contributed by atoms with Crippen molar-refractivity contribution in [3.8, 4) is 0 Å². The highest BCUT2D eigenvalue weighted by Gasteiger charge is 2.11. The van der Waals surface area contributed by atoms with Gasteiger partial charge >= 0.3 is 0 Å². The Kier molecular flexibility index (Phi) is 3.89. The number of hydrogen-bond donors (Lipinski definition) is 1. The first kappa shape index (κ1) is 13.6. The fourth-order valence-corrected chi connectivity index (χ4v) is 2.12. The zero-order valence-electron chi connectivity index (χ0n) is 12.2. The van der Waals surface area contributed by atoms with E-state index in [9.17, 15) is 0 Å². The molecule has 0 fully saturated rings. The minimum Gasteiger partial charge on any atom is -0.305 e. The Balaban J connectivity index is 2.25.